The van der Waals surface area contributed by atoms with Gasteiger partial charge in [-0.2, -0.15) is 0 Å². The molecule has 0 bridgehead atoms. The van der Waals surface area contributed by atoms with E-state index in [0.717, 1.165) is 21.0 Å². The second-order valence-electron chi connectivity index (χ2n) is 8.66. The molecule has 3 aromatic carbocycles. The van der Waals surface area contributed by atoms with E-state index in [1.54, 1.807) is 19.1 Å². The van der Waals surface area contributed by atoms with Crippen LogP contribution < -0.4 is 9.62 Å². The van der Waals surface area contributed by atoms with Crippen LogP contribution in [0.3, 0.4) is 0 Å². The molecule has 0 saturated heterocycles. The summed E-state index contributed by atoms with van der Waals surface area (Å²) < 4.78 is 28.6. The van der Waals surface area contributed by atoms with Crippen molar-refractivity contribution in [2.45, 2.75) is 38.3 Å². The summed E-state index contributed by atoms with van der Waals surface area (Å²) in [4.78, 5) is 27.7. The van der Waals surface area contributed by atoms with E-state index in [9.17, 15) is 18.0 Å². The topological polar surface area (TPSA) is 86.8 Å². The van der Waals surface area contributed by atoms with Crippen molar-refractivity contribution in [3.63, 3.8) is 0 Å². The minimum atomic E-state index is -4.23. The lowest BCUT2D eigenvalue weighted by Crippen LogP contribution is -2.50. The number of amides is 2. The number of aryl methyl sites for hydroxylation is 2. The van der Waals surface area contributed by atoms with E-state index >= 15 is 0 Å². The molecule has 0 spiro atoms. The van der Waals surface area contributed by atoms with Crippen molar-refractivity contribution in [3.8, 4) is 0 Å². The number of carbonyl (C=O) groups excluding carboxylic acids is 2. The van der Waals surface area contributed by atoms with Gasteiger partial charge in [0.1, 0.15) is 12.6 Å². The average molecular weight is 563 g/mol. The number of carbonyl (C=O) groups is 2. The van der Waals surface area contributed by atoms with Crippen molar-refractivity contribution >= 4 is 50.7 Å². The highest BCUT2D eigenvalue weighted by molar-refractivity contribution is 7.92. The summed E-state index contributed by atoms with van der Waals surface area (Å²) in [6.07, 6.45) is 0. The fraction of sp³-hybridized carbons (Fsp3) is 0.259. The second kappa shape index (κ2) is 12.0. The molecule has 0 aliphatic heterocycles. The fourth-order valence-electron chi connectivity index (χ4n) is 3.79. The summed E-state index contributed by atoms with van der Waals surface area (Å²) in [6, 6.07) is 17.3. The number of hydrogen-bond acceptors (Lipinski definition) is 4. The maximum absolute atomic E-state index is 13.8. The molecule has 0 fully saturated rings. The standard InChI is InChI=1S/C27H29Cl2N3O4S/c1-18-9-12-23(13-10-18)37(35,36)32(25-15-22(28)11-14-24(25)29)17-26(33)31(20(3)27(34)30-4)16-21-8-6-5-7-19(21)2/h5-15,20H,16-17H2,1-4H3,(H,30,34)/t20-/m1/s1. The van der Waals surface area contributed by atoms with Crippen molar-refractivity contribution in [2.24, 2.45) is 0 Å². The van der Waals surface area contributed by atoms with Gasteiger partial charge >= 0.3 is 0 Å². The number of rotatable bonds is 9. The molecule has 1 atom stereocenters. The molecule has 1 N–H and O–H groups in total. The summed E-state index contributed by atoms with van der Waals surface area (Å²) >= 11 is 12.6. The largest absolute Gasteiger partial charge is 0.357 e. The van der Waals surface area contributed by atoms with E-state index in [2.05, 4.69) is 5.32 Å². The van der Waals surface area contributed by atoms with Crippen molar-refractivity contribution in [1.29, 1.82) is 0 Å². The van der Waals surface area contributed by atoms with E-state index in [4.69, 9.17) is 23.2 Å². The Balaban J connectivity index is 2.09. The summed E-state index contributed by atoms with van der Waals surface area (Å²) in [6.45, 7) is 4.86. The number of sulfonamides is 1. The highest BCUT2D eigenvalue weighted by atomic mass is 35.5. The van der Waals surface area contributed by atoms with Crippen molar-refractivity contribution < 1.29 is 18.0 Å². The molecule has 0 aliphatic carbocycles. The van der Waals surface area contributed by atoms with Crippen LogP contribution in [0.1, 0.15) is 23.6 Å². The van der Waals surface area contributed by atoms with Gasteiger partial charge in [-0.1, -0.05) is 65.2 Å². The Morgan fingerprint density at radius 1 is 0.973 bits per heavy atom. The third-order valence-corrected chi connectivity index (χ3v) is 8.41. The molecule has 2 amide bonds. The number of halogens is 2. The van der Waals surface area contributed by atoms with E-state index in [1.165, 1.54) is 42.3 Å². The molecule has 37 heavy (non-hydrogen) atoms. The van der Waals surface area contributed by atoms with Gasteiger partial charge in [0, 0.05) is 18.6 Å². The van der Waals surface area contributed by atoms with Gasteiger partial charge in [0.15, 0.2) is 0 Å². The van der Waals surface area contributed by atoms with Gasteiger partial charge in [0.2, 0.25) is 11.8 Å². The van der Waals surface area contributed by atoms with Crippen LogP contribution in [0.4, 0.5) is 5.69 Å². The second-order valence-corrected chi connectivity index (χ2v) is 11.4. The van der Waals surface area contributed by atoms with Crippen LogP contribution in [0.25, 0.3) is 0 Å². The fourth-order valence-corrected chi connectivity index (χ4v) is 5.65. The Labute approximate surface area is 228 Å². The summed E-state index contributed by atoms with van der Waals surface area (Å²) in [5.74, 6) is -0.957. The maximum Gasteiger partial charge on any atom is 0.264 e. The summed E-state index contributed by atoms with van der Waals surface area (Å²) in [7, 11) is -2.75. The van der Waals surface area contributed by atoms with E-state index in [-0.39, 0.29) is 33.1 Å². The predicted octanol–water partition coefficient (Wildman–Crippen LogP) is 4.97. The van der Waals surface area contributed by atoms with Gasteiger partial charge in [-0.15, -0.1) is 0 Å². The molecule has 3 rings (SSSR count). The number of hydrogen-bond donors (Lipinski definition) is 1. The number of nitrogens with one attached hydrogen (secondary N) is 1. The van der Waals surface area contributed by atoms with Crippen molar-refractivity contribution in [3.05, 3.63) is 93.5 Å². The lowest BCUT2D eigenvalue weighted by Gasteiger charge is -2.32. The number of anilines is 1. The predicted molar refractivity (Wildman–Crippen MR) is 147 cm³/mol. The minimum absolute atomic E-state index is 0.00764. The Kier molecular flexibility index (Phi) is 9.23. The number of nitrogens with zero attached hydrogens (tertiary/aromatic N) is 2. The average Bonchev–Trinajstić information content (AvgIpc) is 2.87. The third-order valence-electron chi connectivity index (χ3n) is 6.08. The molecule has 0 unspecified atom stereocenters. The smallest absolute Gasteiger partial charge is 0.264 e. The molecular weight excluding hydrogens is 533 g/mol. The van der Waals surface area contributed by atoms with Crippen LogP contribution in [0.15, 0.2) is 71.6 Å². The monoisotopic (exact) mass is 561 g/mol. The van der Waals surface area contributed by atoms with E-state index < -0.39 is 28.5 Å². The van der Waals surface area contributed by atoms with Crippen LogP contribution >= 0.6 is 23.2 Å². The molecule has 0 aliphatic rings. The highest BCUT2D eigenvalue weighted by Gasteiger charge is 2.33. The van der Waals surface area contributed by atoms with E-state index in [1.807, 2.05) is 38.1 Å². The quantitative estimate of drug-likeness (QED) is 0.399. The first-order chi connectivity index (χ1) is 17.4. The van der Waals surface area contributed by atoms with Gasteiger partial charge in [-0.05, 0) is 62.2 Å². The van der Waals surface area contributed by atoms with E-state index in [0.29, 0.717) is 0 Å². The van der Waals surface area contributed by atoms with Crippen LogP contribution in [0, 0.1) is 13.8 Å². The lowest BCUT2D eigenvalue weighted by molar-refractivity contribution is -0.139. The molecule has 196 valence electrons. The first kappa shape index (κ1) is 28.5. The lowest BCUT2D eigenvalue weighted by atomic mass is 10.1. The molecule has 0 saturated carbocycles. The minimum Gasteiger partial charge on any atom is -0.357 e. The van der Waals surface area contributed by atoms with Crippen LogP contribution in [0.2, 0.25) is 10.0 Å². The zero-order chi connectivity index (χ0) is 27.3. The number of likely N-dealkylation sites (N-methyl/N-ethyl adjacent to an activating group) is 1. The van der Waals surface area contributed by atoms with Crippen LogP contribution in [-0.4, -0.2) is 44.8 Å². The molecule has 0 heterocycles. The Hall–Kier alpha value is -3.07. The number of benzene rings is 3. The SMILES string of the molecule is CNC(=O)[C@@H](C)N(Cc1ccccc1C)C(=O)CN(c1cc(Cl)ccc1Cl)S(=O)(=O)c1ccc(C)cc1. The van der Waals surface area contributed by atoms with Crippen LogP contribution in [0.5, 0.6) is 0 Å². The Morgan fingerprint density at radius 3 is 2.24 bits per heavy atom. The normalized spacial score (nSPS) is 12.1. The van der Waals surface area contributed by atoms with Gasteiger partial charge in [-0.25, -0.2) is 8.42 Å². The Morgan fingerprint density at radius 2 is 1.62 bits per heavy atom. The molecule has 0 radical (unpaired) electrons. The first-order valence-electron chi connectivity index (χ1n) is 11.6. The first-order valence-corrected chi connectivity index (χ1v) is 13.7. The van der Waals surface area contributed by atoms with Gasteiger partial charge < -0.3 is 10.2 Å². The van der Waals surface area contributed by atoms with Crippen molar-refractivity contribution in [2.75, 3.05) is 17.9 Å². The molecule has 10 heteroatoms. The van der Waals surface area contributed by atoms with Gasteiger partial charge in [0.05, 0.1) is 15.6 Å². The molecule has 0 aromatic heterocycles. The van der Waals surface area contributed by atoms with Crippen LogP contribution in [-0.2, 0) is 26.2 Å². The molecule has 7 nitrogen and oxygen atoms in total. The molecule has 3 aromatic rings. The van der Waals surface area contributed by atoms with Crippen molar-refractivity contribution in [1.82, 2.24) is 10.2 Å². The molecular formula is C27H29Cl2N3O4S. The summed E-state index contributed by atoms with van der Waals surface area (Å²) in [5, 5.41) is 2.93. The zero-order valence-electron chi connectivity index (χ0n) is 21.0. The maximum atomic E-state index is 13.8. The Bertz CT molecular complexity index is 1400. The summed E-state index contributed by atoms with van der Waals surface area (Å²) in [5.41, 5.74) is 2.71. The third kappa shape index (κ3) is 6.63. The zero-order valence-corrected chi connectivity index (χ0v) is 23.4. The highest BCUT2D eigenvalue weighted by Crippen LogP contribution is 2.33. The van der Waals surface area contributed by atoms with Gasteiger partial charge in [0.25, 0.3) is 10.0 Å². The van der Waals surface area contributed by atoms with Gasteiger partial charge in [-0.3, -0.25) is 13.9 Å².